The second-order valence-corrected chi connectivity index (χ2v) is 5.58. The van der Waals surface area contributed by atoms with Gasteiger partial charge in [-0.2, -0.15) is 0 Å². The molecule has 2 aromatic rings. The Kier molecular flexibility index (Phi) is 4.61. The van der Waals surface area contributed by atoms with Crippen LogP contribution in [0.15, 0.2) is 46.9 Å². The van der Waals surface area contributed by atoms with E-state index < -0.39 is 0 Å². The molecule has 0 spiro atoms. The molecule has 2 nitrogen and oxygen atoms in total. The third-order valence-electron chi connectivity index (χ3n) is 2.74. The van der Waals surface area contributed by atoms with Crippen LogP contribution in [0.4, 0.5) is 0 Å². The Labute approximate surface area is 125 Å². The highest BCUT2D eigenvalue weighted by Gasteiger charge is 2.09. The lowest BCUT2D eigenvalue weighted by atomic mass is 10.1. The van der Waals surface area contributed by atoms with Crippen LogP contribution in [0.3, 0.4) is 0 Å². The molecule has 0 aliphatic heterocycles. The normalized spacial score (nSPS) is 10.3. The van der Waals surface area contributed by atoms with Gasteiger partial charge in [-0.25, -0.2) is 0 Å². The van der Waals surface area contributed by atoms with Crippen LogP contribution in [-0.4, -0.2) is 5.91 Å². The molecule has 0 radical (unpaired) electrons. The summed E-state index contributed by atoms with van der Waals surface area (Å²) >= 11 is 9.22. The molecule has 0 fully saturated rings. The summed E-state index contributed by atoms with van der Waals surface area (Å²) in [5.74, 6) is -0.0955. The van der Waals surface area contributed by atoms with Gasteiger partial charge in [0.2, 0.25) is 0 Å². The summed E-state index contributed by atoms with van der Waals surface area (Å²) in [4.78, 5) is 12.0. The number of benzene rings is 2. The van der Waals surface area contributed by atoms with Crippen LogP contribution in [0.25, 0.3) is 0 Å². The van der Waals surface area contributed by atoms with Crippen molar-refractivity contribution < 1.29 is 4.79 Å². The van der Waals surface area contributed by atoms with Gasteiger partial charge < -0.3 is 5.32 Å². The molecule has 0 saturated heterocycles. The summed E-state index contributed by atoms with van der Waals surface area (Å²) in [6.45, 7) is 2.47. The van der Waals surface area contributed by atoms with E-state index in [0.717, 1.165) is 15.6 Å². The molecule has 2 aromatic carbocycles. The smallest absolute Gasteiger partial charge is 0.252 e. The van der Waals surface area contributed by atoms with Crippen molar-refractivity contribution in [2.24, 2.45) is 0 Å². The molecule has 2 rings (SSSR count). The second-order valence-electron chi connectivity index (χ2n) is 4.29. The van der Waals surface area contributed by atoms with Crippen LogP contribution in [0, 0.1) is 6.92 Å². The zero-order valence-corrected chi connectivity index (χ0v) is 12.8. The van der Waals surface area contributed by atoms with Crippen molar-refractivity contribution >= 4 is 33.4 Å². The summed E-state index contributed by atoms with van der Waals surface area (Å²) in [7, 11) is 0. The first-order chi connectivity index (χ1) is 9.06. The minimum atomic E-state index is -0.0955. The maximum Gasteiger partial charge on any atom is 0.252 e. The molecular formula is C15H13BrClNO. The van der Waals surface area contributed by atoms with Crippen LogP contribution < -0.4 is 5.32 Å². The summed E-state index contributed by atoms with van der Waals surface area (Å²) in [5.41, 5.74) is 2.77. The number of rotatable bonds is 3. The Morgan fingerprint density at radius 1 is 1.21 bits per heavy atom. The topological polar surface area (TPSA) is 29.1 Å². The van der Waals surface area contributed by atoms with E-state index in [0.29, 0.717) is 17.1 Å². The Hall–Kier alpha value is -1.32. The maximum atomic E-state index is 12.0. The summed E-state index contributed by atoms with van der Waals surface area (Å²) in [6, 6.07) is 13.1. The SMILES string of the molecule is Cc1ccc(C(=O)NCc2ccc(Cl)cc2)c(Br)c1. The highest BCUT2D eigenvalue weighted by molar-refractivity contribution is 9.10. The average Bonchev–Trinajstić information content (AvgIpc) is 2.37. The van der Waals surface area contributed by atoms with Gasteiger partial charge >= 0.3 is 0 Å². The van der Waals surface area contributed by atoms with Gasteiger partial charge in [0, 0.05) is 16.0 Å². The van der Waals surface area contributed by atoms with E-state index in [1.54, 1.807) is 0 Å². The fourth-order valence-electron chi connectivity index (χ4n) is 1.68. The van der Waals surface area contributed by atoms with Gasteiger partial charge in [0.05, 0.1) is 5.56 Å². The van der Waals surface area contributed by atoms with E-state index in [1.807, 2.05) is 49.4 Å². The number of hydrogen-bond acceptors (Lipinski definition) is 1. The zero-order chi connectivity index (χ0) is 13.8. The van der Waals surface area contributed by atoms with Gasteiger partial charge in [-0.3, -0.25) is 4.79 Å². The van der Waals surface area contributed by atoms with E-state index >= 15 is 0 Å². The first-order valence-corrected chi connectivity index (χ1v) is 7.02. The van der Waals surface area contributed by atoms with Crippen LogP contribution in [0.1, 0.15) is 21.5 Å². The number of carbonyl (C=O) groups excluding carboxylic acids is 1. The maximum absolute atomic E-state index is 12.0. The number of nitrogens with one attached hydrogen (secondary N) is 1. The largest absolute Gasteiger partial charge is 0.348 e. The first kappa shape index (κ1) is 14.1. The number of aryl methyl sites for hydroxylation is 1. The second kappa shape index (κ2) is 6.22. The van der Waals surface area contributed by atoms with Crippen molar-refractivity contribution in [1.29, 1.82) is 0 Å². The van der Waals surface area contributed by atoms with Gasteiger partial charge in [-0.15, -0.1) is 0 Å². The predicted octanol–water partition coefficient (Wildman–Crippen LogP) is 4.34. The van der Waals surface area contributed by atoms with Gasteiger partial charge in [0.25, 0.3) is 5.91 Å². The molecular weight excluding hydrogens is 326 g/mol. The van der Waals surface area contributed by atoms with Gasteiger partial charge in [-0.1, -0.05) is 29.8 Å². The predicted molar refractivity (Wildman–Crippen MR) is 81.5 cm³/mol. The minimum absolute atomic E-state index is 0.0955. The van der Waals surface area contributed by atoms with Crippen molar-refractivity contribution in [3.05, 3.63) is 68.7 Å². The fraction of sp³-hybridized carbons (Fsp3) is 0.133. The molecule has 1 N–H and O–H groups in total. The van der Waals surface area contributed by atoms with E-state index in [4.69, 9.17) is 11.6 Å². The molecule has 0 unspecified atom stereocenters. The molecule has 0 heterocycles. The summed E-state index contributed by atoms with van der Waals surface area (Å²) in [6.07, 6.45) is 0. The van der Waals surface area contributed by atoms with Gasteiger partial charge in [-0.05, 0) is 58.2 Å². The monoisotopic (exact) mass is 337 g/mol. The van der Waals surface area contributed by atoms with Gasteiger partial charge in [0.15, 0.2) is 0 Å². The van der Waals surface area contributed by atoms with E-state index in [1.165, 1.54) is 0 Å². The minimum Gasteiger partial charge on any atom is -0.348 e. The Balaban J connectivity index is 2.03. The third kappa shape index (κ3) is 3.82. The standard InChI is InChI=1S/C15H13BrClNO/c1-10-2-7-13(14(16)8-10)15(19)18-9-11-3-5-12(17)6-4-11/h2-8H,9H2,1H3,(H,18,19). The molecule has 0 aromatic heterocycles. The molecule has 98 valence electrons. The first-order valence-electron chi connectivity index (χ1n) is 5.85. The lowest BCUT2D eigenvalue weighted by Crippen LogP contribution is -2.23. The molecule has 0 aliphatic carbocycles. The average molecular weight is 339 g/mol. The number of halogens is 2. The Morgan fingerprint density at radius 3 is 2.53 bits per heavy atom. The van der Waals surface area contributed by atoms with E-state index in [2.05, 4.69) is 21.2 Å². The molecule has 0 saturated carbocycles. The van der Waals surface area contributed by atoms with E-state index in [-0.39, 0.29) is 5.91 Å². The lowest BCUT2D eigenvalue weighted by molar-refractivity contribution is 0.0950. The van der Waals surface area contributed by atoms with E-state index in [9.17, 15) is 4.79 Å². The van der Waals surface area contributed by atoms with Crippen molar-refractivity contribution in [2.45, 2.75) is 13.5 Å². The van der Waals surface area contributed by atoms with Crippen LogP contribution in [0.2, 0.25) is 5.02 Å². The number of amides is 1. The summed E-state index contributed by atoms with van der Waals surface area (Å²) < 4.78 is 0.807. The quantitative estimate of drug-likeness (QED) is 0.886. The molecule has 19 heavy (non-hydrogen) atoms. The van der Waals surface area contributed by atoms with Crippen molar-refractivity contribution in [1.82, 2.24) is 5.32 Å². The fourth-order valence-corrected chi connectivity index (χ4v) is 2.48. The van der Waals surface area contributed by atoms with Crippen LogP contribution in [0.5, 0.6) is 0 Å². The third-order valence-corrected chi connectivity index (χ3v) is 3.64. The highest BCUT2D eigenvalue weighted by Crippen LogP contribution is 2.18. The zero-order valence-electron chi connectivity index (χ0n) is 10.4. The molecule has 1 amide bonds. The Bertz CT molecular complexity index is 596. The molecule has 4 heteroatoms. The van der Waals surface area contributed by atoms with Gasteiger partial charge in [0.1, 0.15) is 0 Å². The van der Waals surface area contributed by atoms with Crippen molar-refractivity contribution in [2.75, 3.05) is 0 Å². The van der Waals surface area contributed by atoms with Crippen molar-refractivity contribution in [3.8, 4) is 0 Å². The van der Waals surface area contributed by atoms with Crippen molar-refractivity contribution in [3.63, 3.8) is 0 Å². The number of carbonyl (C=O) groups is 1. The van der Waals surface area contributed by atoms with Crippen LogP contribution in [-0.2, 0) is 6.54 Å². The lowest BCUT2D eigenvalue weighted by Gasteiger charge is -2.07. The van der Waals surface area contributed by atoms with Crippen LogP contribution >= 0.6 is 27.5 Å². The molecule has 0 bridgehead atoms. The number of hydrogen-bond donors (Lipinski definition) is 1. The Morgan fingerprint density at radius 2 is 1.89 bits per heavy atom. The summed E-state index contributed by atoms with van der Waals surface area (Å²) in [5, 5.41) is 3.57. The highest BCUT2D eigenvalue weighted by atomic mass is 79.9. The molecule has 0 aliphatic rings. The molecule has 0 atom stereocenters.